The van der Waals surface area contributed by atoms with E-state index in [4.69, 9.17) is 4.74 Å². The van der Waals surface area contributed by atoms with Crippen molar-refractivity contribution < 1.29 is 4.74 Å². The molecule has 0 spiro atoms. The minimum atomic E-state index is 0.459. The second kappa shape index (κ2) is 6.24. The predicted octanol–water partition coefficient (Wildman–Crippen LogP) is 4.02. The zero-order valence-electron chi connectivity index (χ0n) is 11.8. The monoisotopic (exact) mass is 247 g/mol. The summed E-state index contributed by atoms with van der Waals surface area (Å²) in [7, 11) is 0. The van der Waals surface area contributed by atoms with Gasteiger partial charge < -0.3 is 10.1 Å². The van der Waals surface area contributed by atoms with Gasteiger partial charge in [0.1, 0.15) is 5.75 Å². The molecular formula is C16H25NO. The van der Waals surface area contributed by atoms with E-state index in [-0.39, 0.29) is 0 Å². The molecule has 1 aliphatic rings. The van der Waals surface area contributed by atoms with Gasteiger partial charge in [0.05, 0.1) is 6.61 Å². The average Bonchev–Trinajstić information content (AvgIpc) is 2.57. The van der Waals surface area contributed by atoms with Gasteiger partial charge in [-0.3, -0.25) is 0 Å². The molecule has 1 aromatic carbocycles. The molecule has 1 heterocycles. The van der Waals surface area contributed by atoms with Gasteiger partial charge in [-0.15, -0.1) is 0 Å². The van der Waals surface area contributed by atoms with Gasteiger partial charge in [0.2, 0.25) is 0 Å². The van der Waals surface area contributed by atoms with Crippen molar-refractivity contribution >= 4 is 0 Å². The first-order valence-electron chi connectivity index (χ1n) is 7.22. The number of benzene rings is 1. The van der Waals surface area contributed by atoms with Crippen molar-refractivity contribution in [2.24, 2.45) is 0 Å². The van der Waals surface area contributed by atoms with Gasteiger partial charge >= 0.3 is 0 Å². The van der Waals surface area contributed by atoms with Gasteiger partial charge in [0.15, 0.2) is 0 Å². The minimum Gasteiger partial charge on any atom is -0.493 e. The summed E-state index contributed by atoms with van der Waals surface area (Å²) in [4.78, 5) is 0. The zero-order valence-corrected chi connectivity index (χ0v) is 11.8. The van der Waals surface area contributed by atoms with Crippen LogP contribution < -0.4 is 10.1 Å². The molecule has 1 atom stereocenters. The highest BCUT2D eigenvalue weighted by Gasteiger charge is 2.19. The molecule has 0 radical (unpaired) electrons. The van der Waals surface area contributed by atoms with Gasteiger partial charge in [-0.2, -0.15) is 0 Å². The van der Waals surface area contributed by atoms with E-state index in [2.05, 4.69) is 44.3 Å². The van der Waals surface area contributed by atoms with Crippen molar-refractivity contribution in [2.75, 3.05) is 13.2 Å². The number of hydrogen-bond donors (Lipinski definition) is 1. The van der Waals surface area contributed by atoms with E-state index in [9.17, 15) is 0 Å². The van der Waals surface area contributed by atoms with Gasteiger partial charge in [0.25, 0.3) is 0 Å². The first kappa shape index (κ1) is 13.4. The quantitative estimate of drug-likeness (QED) is 0.867. The highest BCUT2D eigenvalue weighted by Crippen LogP contribution is 2.33. The molecule has 1 N–H and O–H groups in total. The first-order chi connectivity index (χ1) is 8.72. The van der Waals surface area contributed by atoms with Crippen LogP contribution >= 0.6 is 0 Å². The molecule has 1 aliphatic heterocycles. The van der Waals surface area contributed by atoms with Gasteiger partial charge in [-0.1, -0.05) is 32.9 Å². The Morgan fingerprint density at radius 1 is 1.39 bits per heavy atom. The lowest BCUT2D eigenvalue weighted by molar-refractivity contribution is 0.315. The topological polar surface area (TPSA) is 21.3 Å². The fourth-order valence-electron chi connectivity index (χ4n) is 2.49. The number of hydrogen-bond acceptors (Lipinski definition) is 2. The van der Waals surface area contributed by atoms with Gasteiger partial charge in [-0.25, -0.2) is 0 Å². The van der Waals surface area contributed by atoms with Crippen LogP contribution in [0.3, 0.4) is 0 Å². The first-order valence-corrected chi connectivity index (χ1v) is 7.22. The molecule has 18 heavy (non-hydrogen) atoms. The van der Waals surface area contributed by atoms with Crippen LogP contribution in [-0.4, -0.2) is 13.2 Å². The normalized spacial score (nSPS) is 19.2. The lowest BCUT2D eigenvalue weighted by Gasteiger charge is -2.19. The van der Waals surface area contributed by atoms with Crippen LogP contribution in [0.4, 0.5) is 0 Å². The lowest BCUT2D eigenvalue weighted by atomic mass is 9.95. The third-order valence-electron chi connectivity index (χ3n) is 3.61. The maximum atomic E-state index is 5.85. The van der Waals surface area contributed by atoms with Crippen molar-refractivity contribution in [3.63, 3.8) is 0 Å². The van der Waals surface area contributed by atoms with Crippen LogP contribution in [-0.2, 0) is 0 Å². The molecule has 0 aromatic heterocycles. The number of fused-ring (bicyclic) bond motifs is 1. The van der Waals surface area contributed by atoms with Crippen LogP contribution in [0.15, 0.2) is 18.2 Å². The zero-order chi connectivity index (χ0) is 13.0. The summed E-state index contributed by atoms with van der Waals surface area (Å²) in [5.41, 5.74) is 2.76. The molecule has 2 rings (SSSR count). The Balaban J connectivity index is 2.28. The standard InChI is InChI=1S/C16H25NO/c1-4-9-17-15-6-5-10-18-16-8-7-13(12(2)3)11-14(15)16/h7-8,11-12,15,17H,4-6,9-10H2,1-3H3. The number of ether oxygens (including phenoxy) is 1. The van der Waals surface area contributed by atoms with Crippen molar-refractivity contribution in [2.45, 2.75) is 52.0 Å². The molecule has 100 valence electrons. The number of rotatable bonds is 4. The SMILES string of the molecule is CCCNC1CCCOc2ccc(C(C)C)cc21. The summed E-state index contributed by atoms with van der Waals surface area (Å²) in [5.74, 6) is 1.65. The van der Waals surface area contributed by atoms with Crippen molar-refractivity contribution in [3.05, 3.63) is 29.3 Å². The van der Waals surface area contributed by atoms with E-state index < -0.39 is 0 Å². The maximum Gasteiger partial charge on any atom is 0.124 e. The predicted molar refractivity (Wildman–Crippen MR) is 76.3 cm³/mol. The second-order valence-corrected chi connectivity index (χ2v) is 5.45. The van der Waals surface area contributed by atoms with E-state index in [1.807, 2.05) is 0 Å². The Morgan fingerprint density at radius 2 is 2.22 bits per heavy atom. The van der Waals surface area contributed by atoms with E-state index in [0.717, 1.165) is 25.3 Å². The van der Waals surface area contributed by atoms with Crippen LogP contribution in [0.2, 0.25) is 0 Å². The smallest absolute Gasteiger partial charge is 0.124 e. The Labute approximate surface area is 111 Å². The summed E-state index contributed by atoms with van der Waals surface area (Å²) in [6, 6.07) is 7.14. The summed E-state index contributed by atoms with van der Waals surface area (Å²) < 4.78 is 5.85. The van der Waals surface area contributed by atoms with Crippen molar-refractivity contribution in [1.29, 1.82) is 0 Å². The molecule has 0 fully saturated rings. The molecule has 2 nitrogen and oxygen atoms in total. The molecule has 1 unspecified atom stereocenters. The molecule has 0 amide bonds. The van der Waals surface area contributed by atoms with Crippen molar-refractivity contribution in [3.8, 4) is 5.75 Å². The Hall–Kier alpha value is -1.02. The third kappa shape index (κ3) is 3.05. The van der Waals surface area contributed by atoms with E-state index in [1.165, 1.54) is 24.0 Å². The Bertz CT molecular complexity index is 387. The number of nitrogens with one attached hydrogen (secondary N) is 1. The summed E-state index contributed by atoms with van der Waals surface area (Å²) in [6.45, 7) is 8.63. The molecule has 0 saturated carbocycles. The summed E-state index contributed by atoms with van der Waals surface area (Å²) in [5, 5.41) is 3.65. The lowest BCUT2D eigenvalue weighted by Crippen LogP contribution is -2.21. The van der Waals surface area contributed by atoms with Crippen molar-refractivity contribution in [1.82, 2.24) is 5.32 Å². The van der Waals surface area contributed by atoms with Crippen LogP contribution in [0.5, 0.6) is 5.75 Å². The summed E-state index contributed by atoms with van der Waals surface area (Å²) in [6.07, 6.45) is 3.48. The largest absolute Gasteiger partial charge is 0.493 e. The maximum absolute atomic E-state index is 5.85. The average molecular weight is 247 g/mol. The Morgan fingerprint density at radius 3 is 2.94 bits per heavy atom. The van der Waals surface area contributed by atoms with E-state index in [1.54, 1.807) is 0 Å². The summed E-state index contributed by atoms with van der Waals surface area (Å²) >= 11 is 0. The molecule has 1 aromatic rings. The fourth-order valence-corrected chi connectivity index (χ4v) is 2.49. The molecule has 0 saturated heterocycles. The van der Waals surface area contributed by atoms with E-state index in [0.29, 0.717) is 12.0 Å². The Kier molecular flexibility index (Phi) is 4.65. The van der Waals surface area contributed by atoms with Crippen LogP contribution in [0, 0.1) is 0 Å². The molecule has 0 bridgehead atoms. The van der Waals surface area contributed by atoms with Crippen LogP contribution in [0.1, 0.15) is 63.1 Å². The molecular weight excluding hydrogens is 222 g/mol. The van der Waals surface area contributed by atoms with Crippen LogP contribution in [0.25, 0.3) is 0 Å². The highest BCUT2D eigenvalue weighted by molar-refractivity contribution is 5.41. The third-order valence-corrected chi connectivity index (χ3v) is 3.61. The second-order valence-electron chi connectivity index (χ2n) is 5.45. The fraction of sp³-hybridized carbons (Fsp3) is 0.625. The van der Waals surface area contributed by atoms with Gasteiger partial charge in [0, 0.05) is 11.6 Å². The van der Waals surface area contributed by atoms with E-state index >= 15 is 0 Å². The highest BCUT2D eigenvalue weighted by atomic mass is 16.5. The molecule has 2 heteroatoms. The molecule has 0 aliphatic carbocycles. The van der Waals surface area contributed by atoms with Gasteiger partial charge in [-0.05, 0) is 43.4 Å². The minimum absolute atomic E-state index is 0.459.